The van der Waals surface area contributed by atoms with E-state index in [1.54, 1.807) is 6.20 Å². The Morgan fingerprint density at radius 3 is 2.41 bits per heavy atom. The van der Waals surface area contributed by atoms with Gasteiger partial charge in [0.1, 0.15) is 5.69 Å². The van der Waals surface area contributed by atoms with E-state index < -0.39 is 0 Å². The minimum Gasteiger partial charge on any atom is -0.348 e. The van der Waals surface area contributed by atoms with Crippen molar-refractivity contribution < 1.29 is 9.59 Å². The molecule has 2 aromatic rings. The number of piperidine rings is 1. The van der Waals surface area contributed by atoms with Crippen LogP contribution in [0.1, 0.15) is 47.4 Å². The Bertz CT molecular complexity index is 808. The van der Waals surface area contributed by atoms with Crippen LogP contribution in [-0.2, 0) is 11.2 Å². The van der Waals surface area contributed by atoms with Crippen LogP contribution in [0.5, 0.6) is 0 Å². The van der Waals surface area contributed by atoms with Crippen molar-refractivity contribution in [1.29, 1.82) is 0 Å². The summed E-state index contributed by atoms with van der Waals surface area (Å²) in [6.07, 6.45) is 7.21. The van der Waals surface area contributed by atoms with Gasteiger partial charge in [0.25, 0.3) is 5.91 Å². The highest BCUT2D eigenvalue weighted by Crippen LogP contribution is 2.36. The summed E-state index contributed by atoms with van der Waals surface area (Å²) in [4.78, 5) is 35.6. The fraction of sp³-hybridized carbons (Fsp3) is 0.429. The molecule has 2 aliphatic rings. The zero-order valence-corrected chi connectivity index (χ0v) is 15.5. The maximum atomic E-state index is 12.8. The molecule has 0 saturated carbocycles. The van der Waals surface area contributed by atoms with Crippen LogP contribution in [0.25, 0.3) is 0 Å². The first-order valence-corrected chi connectivity index (χ1v) is 9.55. The molecule has 1 unspecified atom stereocenters. The van der Waals surface area contributed by atoms with E-state index in [1.807, 2.05) is 37.3 Å². The molecule has 6 nitrogen and oxygen atoms in total. The van der Waals surface area contributed by atoms with Crippen LogP contribution in [0.15, 0.2) is 42.7 Å². The standard InChI is InChI=1S/C21H24N4O2/c1-14-12-23-19(13-22-14)21(27)24-16-10-17-7-8-18(11-16)25(17)20(26)9-15-5-3-2-4-6-15/h2-6,12-13,16-18H,7-11H2,1H3,(H,24,27)/t16?,17-,18+. The molecule has 27 heavy (non-hydrogen) atoms. The van der Waals surface area contributed by atoms with Gasteiger partial charge < -0.3 is 10.2 Å². The Balaban J connectivity index is 1.37. The molecule has 2 aliphatic heterocycles. The fourth-order valence-electron chi connectivity index (χ4n) is 4.33. The van der Waals surface area contributed by atoms with Crippen LogP contribution in [0.3, 0.4) is 0 Å². The van der Waals surface area contributed by atoms with Gasteiger partial charge in [0.2, 0.25) is 5.91 Å². The third-order valence-electron chi connectivity index (χ3n) is 5.57. The summed E-state index contributed by atoms with van der Waals surface area (Å²) in [6.45, 7) is 1.84. The molecule has 140 valence electrons. The molecule has 0 aliphatic carbocycles. The van der Waals surface area contributed by atoms with Crippen molar-refractivity contribution in [1.82, 2.24) is 20.2 Å². The van der Waals surface area contributed by atoms with Gasteiger partial charge in [0.05, 0.1) is 18.3 Å². The molecule has 3 heterocycles. The van der Waals surface area contributed by atoms with Gasteiger partial charge in [-0.15, -0.1) is 0 Å². The molecule has 2 fully saturated rings. The van der Waals surface area contributed by atoms with Gasteiger partial charge in [-0.05, 0) is 38.2 Å². The van der Waals surface area contributed by atoms with Gasteiger partial charge >= 0.3 is 0 Å². The molecule has 2 amide bonds. The lowest BCUT2D eigenvalue weighted by Crippen LogP contribution is -2.52. The van der Waals surface area contributed by atoms with Crippen LogP contribution >= 0.6 is 0 Å². The number of nitrogens with zero attached hydrogens (tertiary/aromatic N) is 3. The Hall–Kier alpha value is -2.76. The van der Waals surface area contributed by atoms with Crippen molar-refractivity contribution in [2.24, 2.45) is 0 Å². The Morgan fingerprint density at radius 2 is 1.78 bits per heavy atom. The second-order valence-corrected chi connectivity index (χ2v) is 7.53. The van der Waals surface area contributed by atoms with Gasteiger partial charge in [0, 0.05) is 24.3 Å². The van der Waals surface area contributed by atoms with Crippen molar-refractivity contribution in [3.8, 4) is 0 Å². The molecule has 4 rings (SSSR count). The van der Waals surface area contributed by atoms with Gasteiger partial charge in [-0.2, -0.15) is 0 Å². The number of carbonyl (C=O) groups excluding carboxylic acids is 2. The van der Waals surface area contributed by atoms with Crippen molar-refractivity contribution in [2.45, 2.75) is 57.2 Å². The number of hydrogen-bond donors (Lipinski definition) is 1. The normalized spacial score (nSPS) is 23.9. The van der Waals surface area contributed by atoms with Gasteiger partial charge in [-0.3, -0.25) is 14.6 Å². The largest absolute Gasteiger partial charge is 0.348 e. The van der Waals surface area contributed by atoms with E-state index >= 15 is 0 Å². The molecule has 1 aromatic heterocycles. The Labute approximate surface area is 159 Å². The predicted octanol–water partition coefficient (Wildman–Crippen LogP) is 2.28. The molecular weight excluding hydrogens is 340 g/mol. The number of nitrogens with one attached hydrogen (secondary N) is 1. The van der Waals surface area contributed by atoms with Crippen molar-refractivity contribution in [2.75, 3.05) is 0 Å². The highest BCUT2D eigenvalue weighted by Gasteiger charge is 2.43. The first-order chi connectivity index (χ1) is 13.1. The number of fused-ring (bicyclic) bond motifs is 2. The monoisotopic (exact) mass is 364 g/mol. The first kappa shape index (κ1) is 17.6. The van der Waals surface area contributed by atoms with Crippen LogP contribution in [-0.4, -0.2) is 44.8 Å². The molecule has 1 aromatic carbocycles. The molecular formula is C21H24N4O2. The lowest BCUT2D eigenvalue weighted by atomic mass is 9.96. The SMILES string of the molecule is Cc1cnc(C(=O)NC2C[C@H]3CC[C@@H](C2)N3C(=O)Cc2ccccc2)cn1. The second-order valence-electron chi connectivity index (χ2n) is 7.53. The van der Waals surface area contributed by atoms with E-state index in [-0.39, 0.29) is 29.9 Å². The summed E-state index contributed by atoms with van der Waals surface area (Å²) in [6, 6.07) is 10.4. The molecule has 6 heteroatoms. The van der Waals surface area contributed by atoms with E-state index in [2.05, 4.69) is 20.2 Å². The average Bonchev–Trinajstić information content (AvgIpc) is 2.94. The predicted molar refractivity (Wildman–Crippen MR) is 101 cm³/mol. The number of hydrogen-bond acceptors (Lipinski definition) is 4. The summed E-state index contributed by atoms with van der Waals surface area (Å²) >= 11 is 0. The van der Waals surface area contributed by atoms with Crippen LogP contribution in [0, 0.1) is 6.92 Å². The fourth-order valence-corrected chi connectivity index (χ4v) is 4.33. The number of aryl methyl sites for hydroxylation is 1. The van der Waals surface area contributed by atoms with Crippen molar-refractivity contribution in [3.63, 3.8) is 0 Å². The Morgan fingerprint density at radius 1 is 1.07 bits per heavy atom. The number of benzene rings is 1. The van der Waals surface area contributed by atoms with E-state index in [4.69, 9.17) is 0 Å². The number of rotatable bonds is 4. The third kappa shape index (κ3) is 3.84. The molecule has 1 N–H and O–H groups in total. The van der Waals surface area contributed by atoms with Crippen LogP contribution < -0.4 is 5.32 Å². The molecule has 3 atom stereocenters. The van der Waals surface area contributed by atoms with Gasteiger partial charge in [-0.25, -0.2) is 4.98 Å². The summed E-state index contributed by atoms with van der Waals surface area (Å²) in [7, 11) is 0. The molecule has 2 bridgehead atoms. The average molecular weight is 364 g/mol. The number of amides is 2. The molecule has 0 spiro atoms. The quantitative estimate of drug-likeness (QED) is 0.903. The lowest BCUT2D eigenvalue weighted by molar-refractivity contribution is -0.135. The second kappa shape index (κ2) is 7.47. The molecule has 2 saturated heterocycles. The summed E-state index contributed by atoms with van der Waals surface area (Å²) in [5, 5.41) is 3.09. The van der Waals surface area contributed by atoms with Gasteiger partial charge in [0.15, 0.2) is 0 Å². The van der Waals surface area contributed by atoms with Crippen molar-refractivity contribution >= 4 is 11.8 Å². The first-order valence-electron chi connectivity index (χ1n) is 9.55. The van der Waals surface area contributed by atoms with E-state index in [1.165, 1.54) is 6.20 Å². The molecule has 0 radical (unpaired) electrons. The van der Waals surface area contributed by atoms with Crippen molar-refractivity contribution in [3.05, 3.63) is 59.7 Å². The van der Waals surface area contributed by atoms with E-state index in [0.717, 1.165) is 36.9 Å². The topological polar surface area (TPSA) is 75.2 Å². The number of aromatic nitrogens is 2. The highest BCUT2D eigenvalue weighted by molar-refractivity contribution is 5.92. The zero-order chi connectivity index (χ0) is 18.8. The van der Waals surface area contributed by atoms with Crippen LogP contribution in [0.4, 0.5) is 0 Å². The minimum absolute atomic E-state index is 0.0823. The zero-order valence-electron chi connectivity index (χ0n) is 15.5. The van der Waals surface area contributed by atoms with Crippen LogP contribution in [0.2, 0.25) is 0 Å². The lowest BCUT2D eigenvalue weighted by Gasteiger charge is -2.39. The van der Waals surface area contributed by atoms with E-state index in [0.29, 0.717) is 12.1 Å². The Kier molecular flexibility index (Phi) is 4.88. The summed E-state index contributed by atoms with van der Waals surface area (Å²) in [5.41, 5.74) is 2.18. The highest BCUT2D eigenvalue weighted by atomic mass is 16.2. The smallest absolute Gasteiger partial charge is 0.271 e. The van der Waals surface area contributed by atoms with E-state index in [9.17, 15) is 9.59 Å². The summed E-state index contributed by atoms with van der Waals surface area (Å²) < 4.78 is 0. The maximum Gasteiger partial charge on any atom is 0.271 e. The van der Waals surface area contributed by atoms with Gasteiger partial charge in [-0.1, -0.05) is 30.3 Å². The third-order valence-corrected chi connectivity index (χ3v) is 5.57. The number of carbonyl (C=O) groups is 2. The maximum absolute atomic E-state index is 12.8. The minimum atomic E-state index is -0.184. The summed E-state index contributed by atoms with van der Waals surface area (Å²) in [5.74, 6) is 0.0128.